The zero-order chi connectivity index (χ0) is 14.9. The Balaban J connectivity index is 1.72. The van der Waals surface area contributed by atoms with Gasteiger partial charge >= 0.3 is 6.18 Å². The summed E-state index contributed by atoms with van der Waals surface area (Å²) >= 11 is 0. The van der Waals surface area contributed by atoms with Crippen LogP contribution in [0, 0.1) is 5.92 Å². The van der Waals surface area contributed by atoms with E-state index in [9.17, 15) is 13.2 Å². The van der Waals surface area contributed by atoms with Crippen LogP contribution in [0.1, 0.15) is 25.7 Å². The maximum Gasteiger partial charge on any atom is 0.391 e. The fraction of sp³-hybridized carbons (Fsp3) is 0.467. The van der Waals surface area contributed by atoms with Crippen molar-refractivity contribution in [3.63, 3.8) is 0 Å². The number of rotatable bonds is 2. The van der Waals surface area contributed by atoms with Gasteiger partial charge in [-0.15, -0.1) is 0 Å². The first-order chi connectivity index (χ1) is 10.0. The van der Waals surface area contributed by atoms with E-state index in [-0.39, 0.29) is 18.9 Å². The van der Waals surface area contributed by atoms with E-state index in [1.165, 1.54) is 0 Å². The van der Waals surface area contributed by atoms with Crippen molar-refractivity contribution in [2.75, 3.05) is 5.32 Å². The van der Waals surface area contributed by atoms with E-state index in [1.54, 1.807) is 12.4 Å². The molecule has 2 aromatic rings. The maximum absolute atomic E-state index is 12.8. The van der Waals surface area contributed by atoms with Crippen molar-refractivity contribution in [1.29, 1.82) is 0 Å². The Morgan fingerprint density at radius 1 is 1.05 bits per heavy atom. The molecule has 1 aromatic heterocycles. The normalized spacial score (nSPS) is 23.2. The monoisotopic (exact) mass is 295 g/mol. The van der Waals surface area contributed by atoms with Gasteiger partial charge < -0.3 is 5.32 Å². The van der Waals surface area contributed by atoms with Gasteiger partial charge in [-0.25, -0.2) is 0 Å². The van der Waals surface area contributed by atoms with Crippen LogP contribution in [0.25, 0.3) is 11.0 Å². The summed E-state index contributed by atoms with van der Waals surface area (Å²) in [5.74, 6) is -1.19. The molecule has 1 aromatic carbocycles. The number of nitrogens with one attached hydrogen (secondary N) is 1. The van der Waals surface area contributed by atoms with Crippen LogP contribution in [-0.4, -0.2) is 22.2 Å². The third kappa shape index (κ3) is 3.25. The van der Waals surface area contributed by atoms with Crippen LogP contribution in [0.3, 0.4) is 0 Å². The van der Waals surface area contributed by atoms with Gasteiger partial charge in [0.2, 0.25) is 0 Å². The molecule has 21 heavy (non-hydrogen) atoms. The minimum absolute atomic E-state index is 0.139. The summed E-state index contributed by atoms with van der Waals surface area (Å²) in [5, 5.41) is 3.21. The standard InChI is InChI=1S/C15H16F3N3/c16-15(17,18)10-2-1-3-11(8-10)21-12-4-5-13-14(9-12)20-7-6-19-13/h4-7,9-11,21H,1-3,8H2. The SMILES string of the molecule is FC(F)(F)C1CCCC(Nc2ccc3nccnc3c2)C1. The Morgan fingerprint density at radius 3 is 2.57 bits per heavy atom. The molecule has 0 bridgehead atoms. The van der Waals surface area contributed by atoms with E-state index >= 15 is 0 Å². The second-order valence-electron chi connectivity index (χ2n) is 5.51. The second kappa shape index (κ2) is 5.50. The van der Waals surface area contributed by atoms with Gasteiger partial charge in [-0.2, -0.15) is 13.2 Å². The molecule has 0 aliphatic heterocycles. The molecule has 0 saturated heterocycles. The lowest BCUT2D eigenvalue weighted by molar-refractivity contribution is -0.182. The van der Waals surface area contributed by atoms with E-state index in [0.29, 0.717) is 6.42 Å². The number of fused-ring (bicyclic) bond motifs is 1. The van der Waals surface area contributed by atoms with E-state index < -0.39 is 12.1 Å². The lowest BCUT2D eigenvalue weighted by Crippen LogP contribution is -2.34. The van der Waals surface area contributed by atoms with Crippen molar-refractivity contribution >= 4 is 16.7 Å². The molecule has 1 saturated carbocycles. The van der Waals surface area contributed by atoms with Gasteiger partial charge in [0.25, 0.3) is 0 Å². The summed E-state index contributed by atoms with van der Waals surface area (Å²) in [4.78, 5) is 8.38. The molecule has 3 rings (SSSR count). The first-order valence-corrected chi connectivity index (χ1v) is 7.06. The predicted molar refractivity (Wildman–Crippen MR) is 75.0 cm³/mol. The fourth-order valence-electron chi connectivity index (χ4n) is 2.91. The Morgan fingerprint density at radius 2 is 1.81 bits per heavy atom. The van der Waals surface area contributed by atoms with Crippen LogP contribution in [0.4, 0.5) is 18.9 Å². The average Bonchev–Trinajstić information content (AvgIpc) is 2.46. The van der Waals surface area contributed by atoms with Gasteiger partial charge in [0.1, 0.15) is 0 Å². The van der Waals surface area contributed by atoms with Crippen LogP contribution >= 0.6 is 0 Å². The molecule has 0 spiro atoms. The number of alkyl halides is 3. The van der Waals surface area contributed by atoms with E-state index in [2.05, 4.69) is 15.3 Å². The molecule has 1 fully saturated rings. The van der Waals surface area contributed by atoms with Gasteiger partial charge in [0.05, 0.1) is 17.0 Å². The first kappa shape index (κ1) is 14.1. The molecule has 1 N–H and O–H groups in total. The van der Waals surface area contributed by atoms with Crippen LogP contribution in [0.15, 0.2) is 30.6 Å². The molecule has 1 heterocycles. The zero-order valence-electron chi connectivity index (χ0n) is 11.4. The summed E-state index contributed by atoms with van der Waals surface area (Å²) in [6.07, 6.45) is 0.888. The van der Waals surface area contributed by atoms with Gasteiger partial charge in [0, 0.05) is 24.1 Å². The van der Waals surface area contributed by atoms with Gasteiger partial charge in [-0.05, 0) is 37.5 Å². The zero-order valence-corrected chi connectivity index (χ0v) is 11.4. The van der Waals surface area contributed by atoms with E-state index in [0.717, 1.165) is 23.1 Å². The number of hydrogen-bond donors (Lipinski definition) is 1. The Hall–Kier alpha value is -1.85. The molecule has 1 aliphatic rings. The first-order valence-electron chi connectivity index (χ1n) is 7.06. The summed E-state index contributed by atoms with van der Waals surface area (Å²) in [7, 11) is 0. The smallest absolute Gasteiger partial charge is 0.382 e. The van der Waals surface area contributed by atoms with Crippen LogP contribution in [0.2, 0.25) is 0 Å². The minimum atomic E-state index is -4.09. The summed E-state index contributed by atoms with van der Waals surface area (Å²) < 4.78 is 38.4. The molecule has 6 heteroatoms. The fourth-order valence-corrected chi connectivity index (χ4v) is 2.91. The van der Waals surface area contributed by atoms with E-state index in [1.807, 2.05) is 18.2 Å². The molecule has 1 aliphatic carbocycles. The van der Waals surface area contributed by atoms with Crippen molar-refractivity contribution in [2.45, 2.75) is 37.9 Å². The highest BCUT2D eigenvalue weighted by atomic mass is 19.4. The average molecular weight is 295 g/mol. The maximum atomic E-state index is 12.8. The number of nitrogens with zero attached hydrogens (tertiary/aromatic N) is 2. The molecular weight excluding hydrogens is 279 g/mol. The van der Waals surface area contributed by atoms with Crippen molar-refractivity contribution < 1.29 is 13.2 Å². The predicted octanol–water partition coefficient (Wildman–Crippen LogP) is 4.16. The number of benzene rings is 1. The lowest BCUT2D eigenvalue weighted by atomic mass is 9.85. The highest BCUT2D eigenvalue weighted by Crippen LogP contribution is 2.38. The number of aromatic nitrogens is 2. The molecule has 2 unspecified atom stereocenters. The highest BCUT2D eigenvalue weighted by molar-refractivity contribution is 5.78. The highest BCUT2D eigenvalue weighted by Gasteiger charge is 2.42. The van der Waals surface area contributed by atoms with Gasteiger partial charge in [0.15, 0.2) is 0 Å². The quantitative estimate of drug-likeness (QED) is 0.904. The Kier molecular flexibility index (Phi) is 3.69. The number of anilines is 1. The number of hydrogen-bond acceptors (Lipinski definition) is 3. The summed E-state index contributed by atoms with van der Waals surface area (Å²) in [6, 6.07) is 5.36. The summed E-state index contributed by atoms with van der Waals surface area (Å²) in [5.41, 5.74) is 2.32. The molecule has 112 valence electrons. The third-order valence-corrected chi connectivity index (χ3v) is 3.98. The van der Waals surface area contributed by atoms with Crippen molar-refractivity contribution in [1.82, 2.24) is 9.97 Å². The Bertz CT molecular complexity index is 627. The second-order valence-corrected chi connectivity index (χ2v) is 5.51. The van der Waals surface area contributed by atoms with Crippen LogP contribution in [0.5, 0.6) is 0 Å². The topological polar surface area (TPSA) is 37.8 Å². The van der Waals surface area contributed by atoms with Gasteiger partial charge in [-0.1, -0.05) is 6.42 Å². The minimum Gasteiger partial charge on any atom is -0.382 e. The Labute approximate surface area is 120 Å². The largest absolute Gasteiger partial charge is 0.391 e. The molecule has 0 radical (unpaired) electrons. The van der Waals surface area contributed by atoms with Gasteiger partial charge in [-0.3, -0.25) is 9.97 Å². The molecular formula is C15H16F3N3. The van der Waals surface area contributed by atoms with E-state index in [4.69, 9.17) is 0 Å². The lowest BCUT2D eigenvalue weighted by Gasteiger charge is -2.31. The summed E-state index contributed by atoms with van der Waals surface area (Å²) in [6.45, 7) is 0. The van der Waals surface area contributed by atoms with Crippen LogP contribution in [-0.2, 0) is 0 Å². The van der Waals surface area contributed by atoms with Crippen molar-refractivity contribution in [3.8, 4) is 0 Å². The molecule has 0 amide bonds. The van der Waals surface area contributed by atoms with Crippen molar-refractivity contribution in [2.24, 2.45) is 5.92 Å². The number of halogens is 3. The van der Waals surface area contributed by atoms with Crippen molar-refractivity contribution in [3.05, 3.63) is 30.6 Å². The third-order valence-electron chi connectivity index (χ3n) is 3.98. The molecule has 3 nitrogen and oxygen atoms in total. The molecule has 2 atom stereocenters. The van der Waals surface area contributed by atoms with Crippen LogP contribution < -0.4 is 5.32 Å².